The van der Waals surface area contributed by atoms with E-state index in [1.165, 1.54) is 63.9 Å². The van der Waals surface area contributed by atoms with E-state index < -0.39 is 0 Å². The molecule has 8 aromatic rings. The molecule has 2 aromatic carbocycles. The van der Waals surface area contributed by atoms with Crippen molar-refractivity contribution in [2.24, 2.45) is 11.5 Å². The predicted molar refractivity (Wildman–Crippen MR) is 256 cm³/mol. The Morgan fingerprint density at radius 1 is 0.619 bits per heavy atom. The van der Waals surface area contributed by atoms with Gasteiger partial charge in [-0.15, -0.1) is 22.7 Å². The van der Waals surface area contributed by atoms with E-state index >= 15 is 0 Å². The SMILES string of the molecule is COc1cnccc1-c1nc(NC[C@@H](N)Cc2ccccc2)c2c3c(sc2n1)CCCC3.N[C@H](CNc1nc(-c2ccncc2O)nc2sc3c(c12)CCCC3)Cc1ccccc1. The zero-order chi connectivity index (χ0) is 43.1. The smallest absolute Gasteiger partial charge is 0.166 e. The minimum Gasteiger partial charge on any atom is -0.506 e. The molecule has 0 saturated carbocycles. The third-order valence-electron chi connectivity index (χ3n) is 11.7. The number of rotatable bonds is 13. The number of anilines is 2. The van der Waals surface area contributed by atoms with E-state index in [9.17, 15) is 5.11 Å². The molecule has 2 aliphatic rings. The summed E-state index contributed by atoms with van der Waals surface area (Å²) < 4.78 is 5.52. The Balaban J connectivity index is 0.000000160. The van der Waals surface area contributed by atoms with Crippen LogP contribution in [0.1, 0.15) is 57.7 Å². The Morgan fingerprint density at radius 3 is 1.60 bits per heavy atom. The third-order valence-corrected chi connectivity index (χ3v) is 14.0. The lowest BCUT2D eigenvalue weighted by Crippen LogP contribution is -2.31. The lowest BCUT2D eigenvalue weighted by atomic mass is 9.97. The van der Waals surface area contributed by atoms with Gasteiger partial charge in [0.1, 0.15) is 32.8 Å². The molecule has 0 bridgehead atoms. The first-order chi connectivity index (χ1) is 30.9. The molecule has 0 unspecified atom stereocenters. The van der Waals surface area contributed by atoms with Crippen LogP contribution in [0.2, 0.25) is 0 Å². The van der Waals surface area contributed by atoms with Gasteiger partial charge in [-0.1, -0.05) is 60.7 Å². The van der Waals surface area contributed by atoms with Crippen LogP contribution in [-0.2, 0) is 38.5 Å². The average molecular weight is 877 g/mol. The molecule has 63 heavy (non-hydrogen) atoms. The fourth-order valence-corrected chi connectivity index (χ4v) is 11.1. The highest BCUT2D eigenvalue weighted by atomic mass is 32.1. The fraction of sp³-hybridized carbons (Fsp3) is 0.306. The van der Waals surface area contributed by atoms with Crippen LogP contribution in [0.25, 0.3) is 43.2 Å². The van der Waals surface area contributed by atoms with Gasteiger partial charge in [-0.25, -0.2) is 19.9 Å². The van der Waals surface area contributed by atoms with E-state index in [1.807, 2.05) is 30.3 Å². The number of nitrogens with two attached hydrogens (primary N) is 2. The van der Waals surface area contributed by atoms with Crippen LogP contribution in [0, 0.1) is 0 Å². The number of hydrogen-bond donors (Lipinski definition) is 5. The van der Waals surface area contributed by atoms with Gasteiger partial charge in [0, 0.05) is 47.3 Å². The van der Waals surface area contributed by atoms with Crippen molar-refractivity contribution in [3.05, 3.63) is 130 Å². The molecule has 0 radical (unpaired) electrons. The molecular formula is C49H52N10O2S2. The lowest BCUT2D eigenvalue weighted by molar-refractivity contribution is 0.414. The maximum Gasteiger partial charge on any atom is 0.166 e. The van der Waals surface area contributed by atoms with Crippen molar-refractivity contribution in [2.45, 2.75) is 76.3 Å². The molecule has 10 rings (SSSR count). The number of aromatic nitrogens is 6. The summed E-state index contributed by atoms with van der Waals surface area (Å²) in [6, 6.07) is 24.2. The Kier molecular flexibility index (Phi) is 13.1. The number of pyridine rings is 2. The van der Waals surface area contributed by atoms with Crippen molar-refractivity contribution in [1.29, 1.82) is 0 Å². The number of nitrogens with one attached hydrogen (secondary N) is 2. The molecule has 2 aliphatic carbocycles. The van der Waals surface area contributed by atoms with Gasteiger partial charge in [0.15, 0.2) is 11.6 Å². The number of hydrogen-bond acceptors (Lipinski definition) is 14. The highest BCUT2D eigenvalue weighted by Gasteiger charge is 2.24. The number of aromatic hydroxyl groups is 1. The van der Waals surface area contributed by atoms with Crippen molar-refractivity contribution in [2.75, 3.05) is 30.8 Å². The van der Waals surface area contributed by atoms with Crippen molar-refractivity contribution in [1.82, 2.24) is 29.9 Å². The predicted octanol–water partition coefficient (Wildman–Crippen LogP) is 8.94. The highest BCUT2D eigenvalue weighted by Crippen LogP contribution is 2.42. The summed E-state index contributed by atoms with van der Waals surface area (Å²) in [6.07, 6.45) is 17.3. The van der Waals surface area contributed by atoms with Gasteiger partial charge in [-0.2, -0.15) is 0 Å². The number of aryl methyl sites for hydroxylation is 4. The van der Waals surface area contributed by atoms with Crippen molar-refractivity contribution in [3.63, 3.8) is 0 Å². The van der Waals surface area contributed by atoms with Crippen LogP contribution < -0.4 is 26.8 Å². The van der Waals surface area contributed by atoms with E-state index in [0.717, 1.165) is 76.2 Å². The topological polar surface area (TPSA) is 183 Å². The van der Waals surface area contributed by atoms with E-state index in [0.29, 0.717) is 36.1 Å². The number of nitrogens with zero attached hydrogens (tertiary/aromatic N) is 6. The Morgan fingerprint density at radius 2 is 1.10 bits per heavy atom. The zero-order valence-electron chi connectivity index (χ0n) is 35.4. The second-order valence-corrected chi connectivity index (χ2v) is 18.4. The second-order valence-electron chi connectivity index (χ2n) is 16.2. The molecule has 6 aromatic heterocycles. The summed E-state index contributed by atoms with van der Waals surface area (Å²) in [5.74, 6) is 3.57. The zero-order valence-corrected chi connectivity index (χ0v) is 37.0. The summed E-state index contributed by atoms with van der Waals surface area (Å²) in [6.45, 7) is 1.24. The van der Waals surface area contributed by atoms with Crippen molar-refractivity contribution < 1.29 is 9.84 Å². The van der Waals surface area contributed by atoms with E-state index in [-0.39, 0.29) is 17.8 Å². The van der Waals surface area contributed by atoms with Crippen LogP contribution in [0.15, 0.2) is 97.6 Å². The van der Waals surface area contributed by atoms with Gasteiger partial charge in [-0.3, -0.25) is 9.97 Å². The molecule has 2 atom stereocenters. The van der Waals surface area contributed by atoms with Gasteiger partial charge in [-0.05, 0) is 98.6 Å². The van der Waals surface area contributed by atoms with Crippen LogP contribution in [0.4, 0.5) is 11.6 Å². The standard InChI is InChI=1S/C25H27N5OS.C24H25N5OS/c1-31-20-15-27-12-11-18(20)23-29-24(28-14-17(26)13-16-7-3-2-4-8-16)22-19-9-5-6-10-21(19)32-25(22)30-23;25-16(12-15-6-2-1-3-7-15)13-27-23-21-18-8-4-5-9-20(18)31-24(21)29-22(28-23)17-10-11-26-14-19(17)30/h2-4,7-8,11-12,15,17H,5-6,9-10,13-14,26H2,1H3,(H,28,29,30);1-3,6-7,10-11,14,16,30H,4-5,8-9,12-13,25H2,(H,27,28,29)/t17-;16-/m00/s1. The van der Waals surface area contributed by atoms with Gasteiger partial charge < -0.3 is 31.9 Å². The normalized spacial score (nSPS) is 14.3. The highest BCUT2D eigenvalue weighted by molar-refractivity contribution is 7.19. The number of ether oxygens (including phenoxy) is 1. The van der Waals surface area contributed by atoms with E-state index in [4.69, 9.17) is 36.1 Å². The minimum atomic E-state index is -0.0420. The molecule has 322 valence electrons. The van der Waals surface area contributed by atoms with E-state index in [1.54, 1.807) is 54.4 Å². The fourth-order valence-electron chi connectivity index (χ4n) is 8.55. The molecule has 0 spiro atoms. The molecule has 0 fully saturated rings. The minimum absolute atomic E-state index is 0.0178. The van der Waals surface area contributed by atoms with Crippen LogP contribution in [0.3, 0.4) is 0 Å². The molecule has 7 N–H and O–H groups in total. The third kappa shape index (κ3) is 9.64. The molecular weight excluding hydrogens is 825 g/mol. The summed E-state index contributed by atoms with van der Waals surface area (Å²) in [4.78, 5) is 32.5. The summed E-state index contributed by atoms with van der Waals surface area (Å²) >= 11 is 3.54. The quantitative estimate of drug-likeness (QED) is 0.0743. The van der Waals surface area contributed by atoms with Gasteiger partial charge in [0.05, 0.1) is 41.4 Å². The average Bonchev–Trinajstić information content (AvgIpc) is 3.89. The largest absolute Gasteiger partial charge is 0.506 e. The van der Waals surface area contributed by atoms with Gasteiger partial charge >= 0.3 is 0 Å². The maximum atomic E-state index is 10.3. The maximum absolute atomic E-state index is 10.3. The Labute approximate surface area is 375 Å². The molecule has 14 heteroatoms. The number of thiophene rings is 2. The van der Waals surface area contributed by atoms with Crippen molar-refractivity contribution >= 4 is 54.7 Å². The number of fused-ring (bicyclic) bond motifs is 6. The molecule has 6 heterocycles. The molecule has 0 aliphatic heterocycles. The lowest BCUT2D eigenvalue weighted by Gasteiger charge is -2.16. The van der Waals surface area contributed by atoms with Crippen LogP contribution >= 0.6 is 22.7 Å². The van der Waals surface area contributed by atoms with E-state index in [2.05, 4.69) is 57.0 Å². The van der Waals surface area contributed by atoms with Crippen LogP contribution in [-0.4, -0.2) is 67.3 Å². The Hall–Kier alpha value is -6.06. The first-order valence-corrected chi connectivity index (χ1v) is 23.4. The Bertz CT molecular complexity index is 2820. The number of benzene rings is 2. The van der Waals surface area contributed by atoms with Crippen molar-refractivity contribution in [3.8, 4) is 34.3 Å². The van der Waals surface area contributed by atoms with Gasteiger partial charge in [0.25, 0.3) is 0 Å². The molecule has 0 saturated heterocycles. The summed E-state index contributed by atoms with van der Waals surface area (Å²) in [7, 11) is 1.64. The second kappa shape index (κ2) is 19.5. The van der Waals surface area contributed by atoms with Gasteiger partial charge in [0.2, 0.25) is 0 Å². The molecule has 0 amide bonds. The summed E-state index contributed by atoms with van der Waals surface area (Å²) in [5, 5.41) is 19.6. The number of methoxy groups -OCH3 is 1. The molecule has 12 nitrogen and oxygen atoms in total. The summed E-state index contributed by atoms with van der Waals surface area (Å²) in [5.41, 5.74) is 19.6. The first-order valence-electron chi connectivity index (χ1n) is 21.7. The monoisotopic (exact) mass is 876 g/mol. The first kappa shape index (κ1) is 42.3. The van der Waals surface area contributed by atoms with Crippen LogP contribution in [0.5, 0.6) is 11.5 Å².